The van der Waals surface area contributed by atoms with E-state index in [1.807, 2.05) is 0 Å². The highest BCUT2D eigenvalue weighted by atomic mass is 79.9. The summed E-state index contributed by atoms with van der Waals surface area (Å²) in [4.78, 5) is -0.0780. The first-order valence-corrected chi connectivity index (χ1v) is 8.46. The van der Waals surface area contributed by atoms with Gasteiger partial charge in [-0.05, 0) is 31.2 Å². The van der Waals surface area contributed by atoms with Crippen molar-refractivity contribution in [3.05, 3.63) is 45.4 Å². The minimum atomic E-state index is -3.89. The first-order chi connectivity index (χ1) is 9.68. The number of hydrogen-bond acceptors (Lipinski definition) is 4. The fourth-order valence-electron chi connectivity index (χ4n) is 1.76. The largest absolute Gasteiger partial charge is 0.455 e. The predicted octanol–water partition coefficient (Wildman–Crippen LogP) is 3.43. The summed E-state index contributed by atoms with van der Waals surface area (Å²) in [6.07, 6.45) is 0. The van der Waals surface area contributed by atoms with Crippen LogP contribution >= 0.6 is 27.5 Å². The molecule has 0 aromatic heterocycles. The molecule has 2 aromatic carbocycles. The van der Waals surface area contributed by atoms with E-state index in [1.54, 1.807) is 25.1 Å². The fraction of sp³-hybridized carbons (Fsp3) is 0.0769. The number of nitrogen functional groups attached to an aromatic ring is 1. The summed E-state index contributed by atoms with van der Waals surface area (Å²) in [6.45, 7) is 1.58. The molecule has 0 bridgehead atoms. The van der Waals surface area contributed by atoms with Crippen molar-refractivity contribution in [1.82, 2.24) is 0 Å². The van der Waals surface area contributed by atoms with Crippen LogP contribution < -0.4 is 15.6 Å². The van der Waals surface area contributed by atoms with Crippen molar-refractivity contribution < 1.29 is 13.2 Å². The highest BCUT2D eigenvalue weighted by Gasteiger charge is 2.17. The number of rotatable bonds is 3. The molecule has 0 amide bonds. The molecule has 0 aliphatic rings. The van der Waals surface area contributed by atoms with E-state index in [1.165, 1.54) is 12.1 Å². The highest BCUT2D eigenvalue weighted by molar-refractivity contribution is 9.10. The zero-order chi connectivity index (χ0) is 15.8. The van der Waals surface area contributed by atoms with E-state index in [2.05, 4.69) is 15.9 Å². The van der Waals surface area contributed by atoms with Crippen molar-refractivity contribution in [3.63, 3.8) is 0 Å². The molecule has 0 spiro atoms. The van der Waals surface area contributed by atoms with E-state index in [0.29, 0.717) is 16.3 Å². The van der Waals surface area contributed by atoms with Crippen LogP contribution in [0.5, 0.6) is 11.5 Å². The molecule has 0 heterocycles. The predicted molar refractivity (Wildman–Crippen MR) is 86.2 cm³/mol. The lowest BCUT2D eigenvalue weighted by molar-refractivity contribution is 0.477. The monoisotopic (exact) mass is 390 g/mol. The lowest BCUT2D eigenvalue weighted by Gasteiger charge is -2.13. The Bertz CT molecular complexity index is 809. The number of nitrogens with two attached hydrogens (primary N) is 2. The molecule has 5 nitrogen and oxygen atoms in total. The van der Waals surface area contributed by atoms with Gasteiger partial charge in [-0.15, -0.1) is 0 Å². The maximum absolute atomic E-state index is 11.6. The van der Waals surface area contributed by atoms with Gasteiger partial charge in [0.2, 0.25) is 10.0 Å². The number of primary sulfonamides is 1. The second-order valence-corrected chi connectivity index (χ2v) is 7.22. The number of sulfonamides is 1. The van der Waals surface area contributed by atoms with Gasteiger partial charge in [0.25, 0.3) is 0 Å². The van der Waals surface area contributed by atoms with Gasteiger partial charge in [0.05, 0.1) is 9.92 Å². The van der Waals surface area contributed by atoms with Crippen molar-refractivity contribution in [2.75, 3.05) is 5.73 Å². The minimum absolute atomic E-state index is 0.0780. The maximum Gasteiger partial charge on any atom is 0.238 e. The number of hydrogen-bond donors (Lipinski definition) is 2. The summed E-state index contributed by atoms with van der Waals surface area (Å²) in [5.41, 5.74) is 6.30. The molecule has 0 atom stereocenters. The van der Waals surface area contributed by atoms with Crippen LogP contribution in [0.1, 0.15) is 5.56 Å². The average Bonchev–Trinajstić information content (AvgIpc) is 2.35. The van der Waals surface area contributed by atoms with Crippen LogP contribution in [-0.4, -0.2) is 8.42 Å². The average molecular weight is 392 g/mol. The number of halogens is 2. The van der Waals surface area contributed by atoms with Crippen LogP contribution in [0.4, 0.5) is 5.69 Å². The first kappa shape index (κ1) is 16.1. The zero-order valence-corrected chi connectivity index (χ0v) is 14.1. The second-order valence-electron chi connectivity index (χ2n) is 4.36. The molecule has 21 heavy (non-hydrogen) atoms. The molecule has 2 rings (SSSR count). The fourth-order valence-corrected chi connectivity index (χ4v) is 3.30. The summed E-state index contributed by atoms with van der Waals surface area (Å²) in [6, 6.07) is 7.89. The van der Waals surface area contributed by atoms with Crippen LogP contribution in [0.15, 0.2) is 39.7 Å². The smallest absolute Gasteiger partial charge is 0.238 e. The molecule has 112 valence electrons. The van der Waals surface area contributed by atoms with E-state index < -0.39 is 10.0 Å². The Balaban J connectivity index is 2.52. The van der Waals surface area contributed by atoms with Gasteiger partial charge in [-0.1, -0.05) is 27.5 Å². The van der Waals surface area contributed by atoms with Gasteiger partial charge in [-0.3, -0.25) is 0 Å². The molecule has 0 unspecified atom stereocenters. The van der Waals surface area contributed by atoms with E-state index in [4.69, 9.17) is 27.2 Å². The molecule has 4 N–H and O–H groups in total. The summed E-state index contributed by atoms with van der Waals surface area (Å²) in [5, 5.41) is 5.55. The van der Waals surface area contributed by atoms with Gasteiger partial charge in [0.1, 0.15) is 11.5 Å². The Kier molecular flexibility index (Phi) is 4.48. The molecule has 0 saturated carbocycles. The maximum atomic E-state index is 11.6. The third-order valence-corrected chi connectivity index (χ3v) is 4.58. The number of ether oxygens (including phenoxy) is 1. The molecular weight excluding hydrogens is 380 g/mol. The topological polar surface area (TPSA) is 95.4 Å². The minimum Gasteiger partial charge on any atom is -0.455 e. The molecule has 0 saturated heterocycles. The van der Waals surface area contributed by atoms with Crippen LogP contribution in [0, 0.1) is 6.92 Å². The molecule has 0 aliphatic heterocycles. The van der Waals surface area contributed by atoms with Crippen LogP contribution in [0.2, 0.25) is 5.02 Å². The van der Waals surface area contributed by atoms with Gasteiger partial charge in [0, 0.05) is 21.8 Å². The van der Waals surface area contributed by atoms with Crippen molar-refractivity contribution in [3.8, 4) is 11.5 Å². The van der Waals surface area contributed by atoms with E-state index in [0.717, 1.165) is 4.47 Å². The van der Waals surface area contributed by atoms with Gasteiger partial charge in [-0.25, -0.2) is 13.6 Å². The Hall–Kier alpha value is -1.28. The molecule has 0 aliphatic carbocycles. The van der Waals surface area contributed by atoms with Crippen molar-refractivity contribution >= 4 is 43.2 Å². The number of benzene rings is 2. The third kappa shape index (κ3) is 3.68. The standard InChI is InChI=1S/C13H12BrClN2O3S/c1-7-12(5-9(16)6-13(7)21(17,18)19)20-11-3-2-8(14)4-10(11)15/h2-6H,16H2,1H3,(H2,17,18,19). The van der Waals surface area contributed by atoms with Gasteiger partial charge < -0.3 is 10.5 Å². The quantitative estimate of drug-likeness (QED) is 0.783. The van der Waals surface area contributed by atoms with Crippen LogP contribution in [0.3, 0.4) is 0 Å². The zero-order valence-electron chi connectivity index (χ0n) is 10.9. The second kappa shape index (κ2) is 5.84. The van der Waals surface area contributed by atoms with Crippen LogP contribution in [-0.2, 0) is 10.0 Å². The molecule has 0 fully saturated rings. The molecule has 8 heteroatoms. The first-order valence-electron chi connectivity index (χ1n) is 5.74. The Morgan fingerprint density at radius 3 is 2.43 bits per heavy atom. The van der Waals surface area contributed by atoms with Gasteiger partial charge in [-0.2, -0.15) is 0 Å². The summed E-state index contributed by atoms with van der Waals surface area (Å²) in [7, 11) is -3.89. The van der Waals surface area contributed by atoms with E-state index >= 15 is 0 Å². The normalized spacial score (nSPS) is 11.4. The summed E-state index contributed by atoms with van der Waals surface area (Å²) >= 11 is 9.36. The van der Waals surface area contributed by atoms with Crippen molar-refractivity contribution in [1.29, 1.82) is 0 Å². The summed E-state index contributed by atoms with van der Waals surface area (Å²) < 4.78 is 29.6. The third-order valence-electron chi connectivity index (χ3n) is 2.76. The van der Waals surface area contributed by atoms with E-state index in [-0.39, 0.29) is 16.3 Å². The van der Waals surface area contributed by atoms with Crippen LogP contribution in [0.25, 0.3) is 0 Å². The molecule has 2 aromatic rings. The Morgan fingerprint density at radius 1 is 1.19 bits per heavy atom. The lowest BCUT2D eigenvalue weighted by atomic mass is 10.2. The summed E-state index contributed by atoms with van der Waals surface area (Å²) in [5.74, 6) is 0.664. The SMILES string of the molecule is Cc1c(Oc2ccc(Br)cc2Cl)cc(N)cc1S(N)(=O)=O. The Morgan fingerprint density at radius 2 is 1.86 bits per heavy atom. The highest BCUT2D eigenvalue weighted by Crippen LogP contribution is 2.35. The molecular formula is C13H12BrClN2O3S. The Labute approximate surface area is 136 Å². The van der Waals surface area contributed by atoms with E-state index in [9.17, 15) is 8.42 Å². The van der Waals surface area contributed by atoms with Gasteiger partial charge >= 0.3 is 0 Å². The molecule has 0 radical (unpaired) electrons. The number of anilines is 1. The van der Waals surface area contributed by atoms with Gasteiger partial charge in [0.15, 0.2) is 0 Å². The lowest BCUT2D eigenvalue weighted by Crippen LogP contribution is -2.14. The van der Waals surface area contributed by atoms with Crippen molar-refractivity contribution in [2.45, 2.75) is 11.8 Å². The van der Waals surface area contributed by atoms with Crippen molar-refractivity contribution in [2.24, 2.45) is 5.14 Å².